The van der Waals surface area contributed by atoms with Gasteiger partial charge in [0, 0.05) is 48.3 Å². The lowest BCUT2D eigenvalue weighted by molar-refractivity contribution is -0.158. The second kappa shape index (κ2) is 10.7. The summed E-state index contributed by atoms with van der Waals surface area (Å²) in [5, 5.41) is 1.10. The Balaban J connectivity index is 1.50. The molecule has 2 amide bonds. The minimum atomic E-state index is -0.543. The van der Waals surface area contributed by atoms with E-state index in [4.69, 9.17) is 9.47 Å². The van der Waals surface area contributed by atoms with Crippen LogP contribution in [0.2, 0.25) is 0 Å². The number of benzene rings is 2. The van der Waals surface area contributed by atoms with Crippen molar-refractivity contribution in [1.82, 2.24) is 14.8 Å². The molecule has 1 saturated heterocycles. The van der Waals surface area contributed by atoms with E-state index in [9.17, 15) is 9.59 Å². The average molecular weight is 490 g/mol. The largest absolute Gasteiger partial charge is 0.494 e. The van der Waals surface area contributed by atoms with Crippen LogP contribution in [0.1, 0.15) is 56.0 Å². The molecule has 0 aliphatic carbocycles. The first-order valence-corrected chi connectivity index (χ1v) is 13.1. The van der Waals surface area contributed by atoms with Crippen LogP contribution >= 0.6 is 0 Å². The summed E-state index contributed by atoms with van der Waals surface area (Å²) in [6, 6.07) is 15.0. The Morgan fingerprint density at radius 1 is 1.00 bits per heavy atom. The lowest BCUT2D eigenvalue weighted by Gasteiger charge is -2.47. The van der Waals surface area contributed by atoms with Gasteiger partial charge in [-0.25, -0.2) is 0 Å². The van der Waals surface area contributed by atoms with Crippen molar-refractivity contribution in [3.63, 3.8) is 0 Å². The molecular formula is C29H35N3O4. The maximum atomic E-state index is 13.8. The van der Waals surface area contributed by atoms with Gasteiger partial charge in [0.15, 0.2) is 0 Å². The second-order valence-electron chi connectivity index (χ2n) is 9.54. The van der Waals surface area contributed by atoms with Crippen molar-refractivity contribution in [1.29, 1.82) is 0 Å². The predicted octanol–water partition coefficient (Wildman–Crippen LogP) is 4.46. The Morgan fingerprint density at radius 3 is 2.61 bits per heavy atom. The number of piperazine rings is 1. The van der Waals surface area contributed by atoms with Gasteiger partial charge in [-0.05, 0) is 37.5 Å². The van der Waals surface area contributed by atoms with Gasteiger partial charge < -0.3 is 24.3 Å². The molecule has 0 radical (unpaired) electrons. The lowest BCUT2D eigenvalue weighted by atomic mass is 9.86. The fourth-order valence-electron chi connectivity index (χ4n) is 5.54. The maximum absolute atomic E-state index is 13.8. The zero-order chi connectivity index (χ0) is 25.1. The van der Waals surface area contributed by atoms with Crippen LogP contribution < -0.4 is 4.74 Å². The van der Waals surface area contributed by atoms with Gasteiger partial charge in [-0.1, -0.05) is 49.7 Å². The summed E-state index contributed by atoms with van der Waals surface area (Å²) in [5.74, 6) is 0.715. The Morgan fingerprint density at radius 2 is 1.78 bits per heavy atom. The third kappa shape index (κ3) is 4.48. The van der Waals surface area contributed by atoms with E-state index < -0.39 is 12.1 Å². The fourth-order valence-corrected chi connectivity index (χ4v) is 5.54. The fraction of sp³-hybridized carbons (Fsp3) is 0.448. The van der Waals surface area contributed by atoms with E-state index in [1.807, 2.05) is 49.4 Å². The van der Waals surface area contributed by atoms with Crippen molar-refractivity contribution in [3.05, 3.63) is 65.4 Å². The van der Waals surface area contributed by atoms with Gasteiger partial charge in [-0.3, -0.25) is 9.59 Å². The number of ether oxygens (including phenoxy) is 2. The number of para-hydroxylation sites is 2. The Kier molecular flexibility index (Phi) is 7.28. The molecule has 3 heterocycles. The van der Waals surface area contributed by atoms with Crippen LogP contribution in [0.4, 0.5) is 0 Å². The third-order valence-electron chi connectivity index (χ3n) is 7.21. The molecule has 36 heavy (non-hydrogen) atoms. The van der Waals surface area contributed by atoms with E-state index in [2.05, 4.69) is 18.0 Å². The van der Waals surface area contributed by atoms with Crippen molar-refractivity contribution in [2.75, 3.05) is 32.9 Å². The molecule has 1 aromatic heterocycles. The number of carbonyl (C=O) groups is 2. The van der Waals surface area contributed by atoms with Gasteiger partial charge in [0.1, 0.15) is 17.8 Å². The molecule has 1 unspecified atom stereocenters. The number of nitrogens with one attached hydrogen (secondary N) is 1. The molecule has 0 saturated carbocycles. The Bertz CT molecular complexity index is 1240. The molecule has 3 aromatic rings. The van der Waals surface area contributed by atoms with Gasteiger partial charge in [0.2, 0.25) is 11.8 Å². The molecule has 2 aliphatic heterocycles. The zero-order valence-electron chi connectivity index (χ0n) is 21.2. The van der Waals surface area contributed by atoms with E-state index in [-0.39, 0.29) is 18.4 Å². The summed E-state index contributed by atoms with van der Waals surface area (Å²) in [7, 11) is 0. The average Bonchev–Trinajstić information content (AvgIpc) is 3.27. The number of fused-ring (bicyclic) bond motifs is 4. The van der Waals surface area contributed by atoms with Crippen LogP contribution in [0.5, 0.6) is 5.75 Å². The molecule has 0 spiro atoms. The van der Waals surface area contributed by atoms with Crippen molar-refractivity contribution in [2.45, 2.75) is 51.6 Å². The van der Waals surface area contributed by atoms with E-state index in [0.717, 1.165) is 59.3 Å². The molecule has 190 valence electrons. The Labute approximate surface area is 212 Å². The van der Waals surface area contributed by atoms with Crippen molar-refractivity contribution in [3.8, 4) is 5.75 Å². The highest BCUT2D eigenvalue weighted by Crippen LogP contribution is 2.44. The van der Waals surface area contributed by atoms with Crippen LogP contribution in [-0.4, -0.2) is 65.6 Å². The smallest absolute Gasteiger partial charge is 0.246 e. The summed E-state index contributed by atoms with van der Waals surface area (Å²) < 4.78 is 11.7. The van der Waals surface area contributed by atoms with Crippen LogP contribution in [0.3, 0.4) is 0 Å². The number of aromatic nitrogens is 1. The summed E-state index contributed by atoms with van der Waals surface area (Å²) in [6.45, 7) is 6.57. The highest BCUT2D eigenvalue weighted by atomic mass is 16.5. The van der Waals surface area contributed by atoms with E-state index in [1.54, 1.807) is 9.80 Å². The molecule has 0 bridgehead atoms. The minimum Gasteiger partial charge on any atom is -0.494 e. The summed E-state index contributed by atoms with van der Waals surface area (Å²) in [4.78, 5) is 34.6. The molecule has 1 N–H and O–H groups in total. The molecule has 2 atom stereocenters. The number of unbranched alkanes of at least 4 members (excludes halogenated alkanes) is 1. The SMILES string of the molecule is CCCCOCCCN1CC(=O)N2C(c3ccccc3OCC)c3[nH]c4ccccc4c3C[C@H]2C1=O. The number of H-pyrrole nitrogens is 1. The number of carbonyl (C=O) groups excluding carboxylic acids is 2. The van der Waals surface area contributed by atoms with E-state index >= 15 is 0 Å². The molecule has 2 aliphatic rings. The number of hydrogen-bond acceptors (Lipinski definition) is 4. The molecule has 1 fully saturated rings. The van der Waals surface area contributed by atoms with Crippen molar-refractivity contribution >= 4 is 22.7 Å². The lowest BCUT2D eigenvalue weighted by Crippen LogP contribution is -2.63. The quantitative estimate of drug-likeness (QED) is 0.427. The summed E-state index contributed by atoms with van der Waals surface area (Å²) in [6.07, 6.45) is 3.36. The normalized spacial score (nSPS) is 19.5. The molecule has 5 rings (SSSR count). The van der Waals surface area contributed by atoms with Crippen LogP contribution in [0.25, 0.3) is 10.9 Å². The van der Waals surface area contributed by atoms with Gasteiger partial charge >= 0.3 is 0 Å². The summed E-state index contributed by atoms with van der Waals surface area (Å²) in [5.41, 5.74) is 3.99. The van der Waals surface area contributed by atoms with Crippen molar-refractivity contribution in [2.24, 2.45) is 0 Å². The number of rotatable bonds is 10. The standard InChI is InChI=1S/C29H35N3O4/c1-3-5-16-35-17-10-15-31-19-26(33)32-24(29(31)34)18-22-20-11-6-8-13-23(20)30-27(22)28(32)21-12-7-9-14-25(21)36-4-2/h6-9,11-14,24,28,30H,3-5,10,15-19H2,1-2H3/t24-,28?/m0/s1. The minimum absolute atomic E-state index is 0.0120. The number of hydrogen-bond donors (Lipinski definition) is 1. The van der Waals surface area contributed by atoms with Gasteiger partial charge in [-0.2, -0.15) is 0 Å². The highest BCUT2D eigenvalue weighted by molar-refractivity contribution is 5.97. The number of nitrogens with zero attached hydrogens (tertiary/aromatic N) is 2. The number of amides is 2. The maximum Gasteiger partial charge on any atom is 0.246 e. The first-order chi connectivity index (χ1) is 17.6. The van der Waals surface area contributed by atoms with Crippen molar-refractivity contribution < 1.29 is 19.1 Å². The molecular weight excluding hydrogens is 454 g/mol. The van der Waals surface area contributed by atoms with E-state index in [0.29, 0.717) is 26.2 Å². The molecule has 2 aromatic carbocycles. The van der Waals surface area contributed by atoms with Gasteiger partial charge in [0.05, 0.1) is 13.2 Å². The zero-order valence-corrected chi connectivity index (χ0v) is 21.2. The van der Waals surface area contributed by atoms with E-state index in [1.165, 1.54) is 0 Å². The van der Waals surface area contributed by atoms with Crippen LogP contribution in [0.15, 0.2) is 48.5 Å². The summed E-state index contributed by atoms with van der Waals surface area (Å²) >= 11 is 0. The number of aromatic amines is 1. The highest BCUT2D eigenvalue weighted by Gasteiger charge is 2.48. The topological polar surface area (TPSA) is 74.9 Å². The molecule has 7 nitrogen and oxygen atoms in total. The van der Waals surface area contributed by atoms with Gasteiger partial charge in [-0.15, -0.1) is 0 Å². The van der Waals surface area contributed by atoms with Gasteiger partial charge in [0.25, 0.3) is 0 Å². The predicted molar refractivity (Wildman–Crippen MR) is 139 cm³/mol. The first kappa shape index (κ1) is 24.4. The second-order valence-corrected chi connectivity index (χ2v) is 9.54. The third-order valence-corrected chi connectivity index (χ3v) is 7.21. The van der Waals surface area contributed by atoms with Crippen LogP contribution in [-0.2, 0) is 20.7 Å². The molecule has 7 heteroatoms. The van der Waals surface area contributed by atoms with Crippen LogP contribution in [0, 0.1) is 0 Å². The Hall–Kier alpha value is -3.32. The first-order valence-electron chi connectivity index (χ1n) is 13.1. The monoisotopic (exact) mass is 489 g/mol.